The Balaban J connectivity index is 0.000000471. The Kier molecular flexibility index (Phi) is 7.92. The third-order valence-corrected chi connectivity index (χ3v) is 5.96. The number of rotatable bonds is 3. The van der Waals surface area contributed by atoms with Crippen LogP contribution in [-0.4, -0.2) is 31.8 Å². The van der Waals surface area contributed by atoms with Gasteiger partial charge in [0.15, 0.2) is 5.84 Å². The fourth-order valence-electron chi connectivity index (χ4n) is 3.45. The van der Waals surface area contributed by atoms with Gasteiger partial charge in [0.05, 0.1) is 12.4 Å². The molecule has 0 bridgehead atoms. The van der Waals surface area contributed by atoms with Crippen LogP contribution in [0, 0.1) is 6.92 Å². The predicted octanol–water partition coefficient (Wildman–Crippen LogP) is 3.84. The van der Waals surface area contributed by atoms with E-state index in [0.717, 1.165) is 12.4 Å². The molecule has 134 valence electrons. The quantitative estimate of drug-likeness (QED) is 0.644. The van der Waals surface area contributed by atoms with Crippen LogP contribution in [0.15, 0.2) is 9.98 Å². The maximum Gasteiger partial charge on any atom is 0.157 e. The third-order valence-electron chi connectivity index (χ3n) is 4.75. The molecular formula is C19H32N4S. The summed E-state index contributed by atoms with van der Waals surface area (Å²) in [5, 5.41) is 2.93. The van der Waals surface area contributed by atoms with Crippen LogP contribution in [0.4, 0.5) is 0 Å². The average molecular weight is 349 g/mol. The van der Waals surface area contributed by atoms with Crippen LogP contribution >= 0.6 is 11.3 Å². The number of fused-ring (bicyclic) bond motifs is 1. The molecule has 0 aliphatic heterocycles. The van der Waals surface area contributed by atoms with Gasteiger partial charge >= 0.3 is 0 Å². The largest absolute Gasteiger partial charge is 0.390 e. The normalized spacial score (nSPS) is 18.5. The molecule has 24 heavy (non-hydrogen) atoms. The molecule has 3 rings (SSSR count). The Morgan fingerprint density at radius 3 is 2.58 bits per heavy atom. The van der Waals surface area contributed by atoms with E-state index in [-0.39, 0.29) is 0 Å². The van der Waals surface area contributed by atoms with E-state index in [4.69, 9.17) is 10.7 Å². The Morgan fingerprint density at radius 2 is 1.96 bits per heavy atom. The molecule has 2 aliphatic carbocycles. The molecule has 4 nitrogen and oxygen atoms in total. The summed E-state index contributed by atoms with van der Waals surface area (Å²) in [7, 11) is 1.93. The van der Waals surface area contributed by atoms with Crippen molar-refractivity contribution in [2.75, 3.05) is 13.6 Å². The molecule has 0 atom stereocenters. The minimum atomic E-state index is 0.443. The summed E-state index contributed by atoms with van der Waals surface area (Å²) in [6.45, 7) is 5.33. The summed E-state index contributed by atoms with van der Waals surface area (Å²) in [6, 6.07) is 0.443. The summed E-state index contributed by atoms with van der Waals surface area (Å²) in [4.78, 5) is 12.3. The molecule has 0 amide bonds. The van der Waals surface area contributed by atoms with Crippen molar-refractivity contribution in [3.63, 3.8) is 0 Å². The minimum Gasteiger partial charge on any atom is -0.390 e. The SMILES string of the molecule is CCNC.Cc1sc2c(c1C(N=CN)=NC1CCCCC1)CCC2. The van der Waals surface area contributed by atoms with Gasteiger partial charge in [-0.05, 0) is 58.2 Å². The first kappa shape index (κ1) is 19.1. The van der Waals surface area contributed by atoms with Crippen LogP contribution in [0.25, 0.3) is 0 Å². The Hall–Kier alpha value is -1.20. The van der Waals surface area contributed by atoms with Crippen molar-refractivity contribution in [3.05, 3.63) is 20.9 Å². The molecule has 1 saturated carbocycles. The highest BCUT2D eigenvalue weighted by molar-refractivity contribution is 7.12. The minimum absolute atomic E-state index is 0.443. The first-order chi connectivity index (χ1) is 11.7. The van der Waals surface area contributed by atoms with E-state index in [9.17, 15) is 0 Å². The maximum absolute atomic E-state index is 5.57. The number of hydrogen-bond acceptors (Lipinski definition) is 3. The van der Waals surface area contributed by atoms with Gasteiger partial charge in [-0.15, -0.1) is 11.3 Å². The number of hydrogen-bond donors (Lipinski definition) is 2. The lowest BCUT2D eigenvalue weighted by Gasteiger charge is -2.18. The fourth-order valence-corrected chi connectivity index (χ4v) is 4.71. The highest BCUT2D eigenvalue weighted by atomic mass is 32.1. The van der Waals surface area contributed by atoms with Gasteiger partial charge in [0.2, 0.25) is 0 Å². The van der Waals surface area contributed by atoms with E-state index >= 15 is 0 Å². The Labute approximate surface area is 150 Å². The highest BCUT2D eigenvalue weighted by Gasteiger charge is 2.24. The fraction of sp³-hybridized carbons (Fsp3) is 0.684. The molecule has 1 heterocycles. The number of thiophene rings is 1. The molecule has 0 spiro atoms. The second-order valence-corrected chi connectivity index (χ2v) is 7.83. The number of amidine groups is 1. The van der Waals surface area contributed by atoms with E-state index < -0.39 is 0 Å². The zero-order valence-electron chi connectivity index (χ0n) is 15.4. The lowest BCUT2D eigenvalue weighted by Crippen LogP contribution is -2.14. The van der Waals surface area contributed by atoms with Gasteiger partial charge in [-0.3, -0.25) is 4.99 Å². The number of nitrogens with one attached hydrogen (secondary N) is 1. The molecule has 0 unspecified atom stereocenters. The van der Waals surface area contributed by atoms with Crippen LogP contribution in [0.3, 0.4) is 0 Å². The zero-order valence-corrected chi connectivity index (χ0v) is 16.2. The van der Waals surface area contributed by atoms with E-state index in [1.165, 1.54) is 73.7 Å². The molecule has 1 aromatic heterocycles. The summed E-state index contributed by atoms with van der Waals surface area (Å²) in [5.41, 5.74) is 8.35. The van der Waals surface area contributed by atoms with Crippen molar-refractivity contribution in [1.29, 1.82) is 0 Å². The van der Waals surface area contributed by atoms with Crippen molar-refractivity contribution in [1.82, 2.24) is 5.32 Å². The molecule has 3 N–H and O–H groups in total. The monoisotopic (exact) mass is 348 g/mol. The number of nitrogens with zero attached hydrogens (tertiary/aromatic N) is 2. The van der Waals surface area contributed by atoms with Crippen LogP contribution in [0.1, 0.15) is 66.3 Å². The van der Waals surface area contributed by atoms with Gasteiger partial charge in [0.1, 0.15) is 0 Å². The van der Waals surface area contributed by atoms with Gasteiger partial charge in [-0.2, -0.15) is 0 Å². The first-order valence-electron chi connectivity index (χ1n) is 9.29. The Morgan fingerprint density at radius 1 is 1.25 bits per heavy atom. The summed E-state index contributed by atoms with van der Waals surface area (Å²) in [6.07, 6.45) is 11.4. The van der Waals surface area contributed by atoms with E-state index in [2.05, 4.69) is 24.2 Å². The number of aryl methyl sites for hydroxylation is 2. The molecule has 0 radical (unpaired) electrons. The van der Waals surface area contributed by atoms with Crippen molar-refractivity contribution in [3.8, 4) is 0 Å². The number of aliphatic imine (C=N–C) groups is 2. The van der Waals surface area contributed by atoms with Crippen molar-refractivity contribution >= 4 is 23.5 Å². The van der Waals surface area contributed by atoms with Crippen LogP contribution in [-0.2, 0) is 12.8 Å². The average Bonchev–Trinajstić information content (AvgIpc) is 3.15. The van der Waals surface area contributed by atoms with Gasteiger partial charge < -0.3 is 11.1 Å². The summed E-state index contributed by atoms with van der Waals surface area (Å²) >= 11 is 1.92. The molecule has 1 fully saturated rings. The number of nitrogens with two attached hydrogens (primary N) is 1. The van der Waals surface area contributed by atoms with E-state index in [0.29, 0.717) is 6.04 Å². The van der Waals surface area contributed by atoms with E-state index in [1.54, 1.807) is 4.88 Å². The second kappa shape index (κ2) is 9.94. The molecule has 2 aliphatic rings. The van der Waals surface area contributed by atoms with Crippen LogP contribution in [0.5, 0.6) is 0 Å². The lowest BCUT2D eigenvalue weighted by atomic mass is 9.96. The molecule has 1 aromatic rings. The zero-order chi connectivity index (χ0) is 17.4. The lowest BCUT2D eigenvalue weighted by molar-refractivity contribution is 0.443. The molecule has 5 heteroatoms. The Bertz CT molecular complexity index is 566. The molecule has 0 aromatic carbocycles. The molecular weight excluding hydrogens is 316 g/mol. The van der Waals surface area contributed by atoms with Crippen LogP contribution < -0.4 is 11.1 Å². The highest BCUT2D eigenvalue weighted by Crippen LogP contribution is 2.36. The smallest absolute Gasteiger partial charge is 0.157 e. The topological polar surface area (TPSA) is 62.8 Å². The first-order valence-corrected chi connectivity index (χ1v) is 10.1. The van der Waals surface area contributed by atoms with Gasteiger partial charge in [0.25, 0.3) is 0 Å². The predicted molar refractivity (Wildman–Crippen MR) is 107 cm³/mol. The van der Waals surface area contributed by atoms with Crippen molar-refractivity contribution < 1.29 is 0 Å². The van der Waals surface area contributed by atoms with Crippen molar-refractivity contribution in [2.45, 2.75) is 71.3 Å². The van der Waals surface area contributed by atoms with Gasteiger partial charge in [-0.25, -0.2) is 4.99 Å². The third kappa shape index (κ3) is 4.90. The van der Waals surface area contributed by atoms with E-state index in [1.807, 2.05) is 18.4 Å². The summed E-state index contributed by atoms with van der Waals surface area (Å²) in [5.74, 6) is 0.885. The second-order valence-electron chi connectivity index (χ2n) is 6.52. The van der Waals surface area contributed by atoms with Crippen molar-refractivity contribution in [2.24, 2.45) is 15.7 Å². The van der Waals surface area contributed by atoms with Gasteiger partial charge in [-0.1, -0.05) is 26.2 Å². The van der Waals surface area contributed by atoms with Gasteiger partial charge in [0, 0.05) is 15.3 Å². The maximum atomic E-state index is 5.57. The van der Waals surface area contributed by atoms with Crippen LogP contribution in [0.2, 0.25) is 0 Å². The molecule has 0 saturated heterocycles. The standard InChI is InChI=1S/C16H23N3S.C3H9N/c1-11-15(13-8-5-9-14(13)20-11)16(18-10-17)19-12-6-3-2-4-7-12;1-3-4-2/h10,12H,2-9H2,1H3,(H2,17,18,19);4H,3H2,1-2H3. The summed E-state index contributed by atoms with van der Waals surface area (Å²) < 4.78 is 0.